The van der Waals surface area contributed by atoms with E-state index in [-0.39, 0.29) is 28.6 Å². The number of rotatable bonds is 3. The van der Waals surface area contributed by atoms with Crippen LogP contribution in [0.5, 0.6) is 0 Å². The van der Waals surface area contributed by atoms with Crippen molar-refractivity contribution in [3.63, 3.8) is 0 Å². The van der Waals surface area contributed by atoms with Gasteiger partial charge in [-0.15, -0.1) is 0 Å². The lowest BCUT2D eigenvalue weighted by Crippen LogP contribution is -2.08. The molecule has 0 spiro atoms. The highest BCUT2D eigenvalue weighted by molar-refractivity contribution is 6.29. The molecule has 0 aliphatic rings. The first-order valence-electron chi connectivity index (χ1n) is 6.75. The van der Waals surface area contributed by atoms with E-state index in [1.54, 1.807) is 18.2 Å². The standard InChI is InChI=1S/C14H9ClF3N7/c15-10-3-1-2-9(22-10)11-23-12(19)25-13(24-11)21-8-4-7(5-20-6-8)14(16,17)18/h1-6H,(H3,19,21,23,24,25). The van der Waals surface area contributed by atoms with Crippen LogP contribution in [0.3, 0.4) is 0 Å². The van der Waals surface area contributed by atoms with Crippen LogP contribution < -0.4 is 11.1 Å². The molecule has 0 unspecified atom stereocenters. The highest BCUT2D eigenvalue weighted by Crippen LogP contribution is 2.30. The predicted molar refractivity (Wildman–Crippen MR) is 85.0 cm³/mol. The molecule has 0 amide bonds. The lowest BCUT2D eigenvalue weighted by atomic mass is 10.2. The van der Waals surface area contributed by atoms with Gasteiger partial charge in [0, 0.05) is 6.20 Å². The van der Waals surface area contributed by atoms with Crippen LogP contribution in [-0.2, 0) is 6.18 Å². The molecule has 25 heavy (non-hydrogen) atoms. The number of alkyl halides is 3. The summed E-state index contributed by atoms with van der Waals surface area (Å²) in [7, 11) is 0. The fourth-order valence-electron chi connectivity index (χ4n) is 1.89. The molecule has 3 rings (SSSR count). The third-order valence-electron chi connectivity index (χ3n) is 2.92. The second-order valence-corrected chi connectivity index (χ2v) is 5.16. The summed E-state index contributed by atoms with van der Waals surface area (Å²) in [6, 6.07) is 5.71. The number of aromatic nitrogens is 5. The number of hydrogen-bond acceptors (Lipinski definition) is 7. The van der Waals surface area contributed by atoms with Gasteiger partial charge in [0.15, 0.2) is 5.82 Å². The first-order chi connectivity index (χ1) is 11.8. The molecule has 3 aromatic rings. The maximum Gasteiger partial charge on any atom is 0.417 e. The van der Waals surface area contributed by atoms with Gasteiger partial charge in [0.05, 0.1) is 17.4 Å². The van der Waals surface area contributed by atoms with Gasteiger partial charge in [-0.1, -0.05) is 17.7 Å². The largest absolute Gasteiger partial charge is 0.417 e. The maximum atomic E-state index is 12.7. The summed E-state index contributed by atoms with van der Waals surface area (Å²) in [4.78, 5) is 19.5. The van der Waals surface area contributed by atoms with Crippen LogP contribution in [0, 0.1) is 0 Å². The Bertz CT molecular complexity index is 917. The first-order valence-corrected chi connectivity index (χ1v) is 7.13. The zero-order valence-corrected chi connectivity index (χ0v) is 13.0. The summed E-state index contributed by atoms with van der Waals surface area (Å²) < 4.78 is 38.2. The molecule has 0 atom stereocenters. The lowest BCUT2D eigenvalue weighted by molar-refractivity contribution is -0.137. The molecule has 3 N–H and O–H groups in total. The van der Waals surface area contributed by atoms with Gasteiger partial charge in [0.2, 0.25) is 11.9 Å². The smallest absolute Gasteiger partial charge is 0.368 e. The van der Waals surface area contributed by atoms with Gasteiger partial charge in [0.25, 0.3) is 0 Å². The molecule has 3 heterocycles. The molecular weight excluding hydrogens is 359 g/mol. The topological polar surface area (TPSA) is 102 Å². The molecule has 0 aromatic carbocycles. The van der Waals surface area contributed by atoms with Gasteiger partial charge in [-0.05, 0) is 18.2 Å². The average Bonchev–Trinajstić information content (AvgIpc) is 2.54. The van der Waals surface area contributed by atoms with Crippen molar-refractivity contribution in [1.29, 1.82) is 0 Å². The fraction of sp³-hybridized carbons (Fsp3) is 0.0714. The number of nitrogens with zero attached hydrogens (tertiary/aromatic N) is 5. The minimum Gasteiger partial charge on any atom is -0.368 e. The zero-order chi connectivity index (χ0) is 18.0. The fourth-order valence-corrected chi connectivity index (χ4v) is 2.05. The Morgan fingerprint density at radius 1 is 1.04 bits per heavy atom. The molecular formula is C14H9ClF3N7. The van der Waals surface area contributed by atoms with Crippen molar-refractivity contribution in [3.05, 3.63) is 47.4 Å². The monoisotopic (exact) mass is 367 g/mol. The van der Waals surface area contributed by atoms with Gasteiger partial charge >= 0.3 is 6.18 Å². The normalized spacial score (nSPS) is 11.4. The van der Waals surface area contributed by atoms with E-state index in [0.29, 0.717) is 11.9 Å². The minimum absolute atomic E-state index is 0.0467. The summed E-state index contributed by atoms with van der Waals surface area (Å²) in [5.41, 5.74) is 5.11. The Morgan fingerprint density at radius 3 is 2.56 bits per heavy atom. The molecule has 7 nitrogen and oxygen atoms in total. The van der Waals surface area contributed by atoms with E-state index in [2.05, 4.69) is 30.2 Å². The molecule has 0 radical (unpaired) electrons. The molecule has 3 aromatic heterocycles. The Hall–Kier alpha value is -3.01. The van der Waals surface area contributed by atoms with E-state index in [0.717, 1.165) is 6.07 Å². The van der Waals surface area contributed by atoms with Crippen LogP contribution in [0.1, 0.15) is 5.56 Å². The average molecular weight is 368 g/mol. The van der Waals surface area contributed by atoms with Crippen molar-refractivity contribution >= 4 is 29.2 Å². The second-order valence-electron chi connectivity index (χ2n) is 4.77. The summed E-state index contributed by atoms with van der Waals surface area (Å²) in [5, 5.41) is 2.85. The van der Waals surface area contributed by atoms with Crippen molar-refractivity contribution in [1.82, 2.24) is 24.9 Å². The molecule has 0 saturated carbocycles. The van der Waals surface area contributed by atoms with Crippen LogP contribution in [0.4, 0.5) is 30.8 Å². The van der Waals surface area contributed by atoms with Crippen LogP contribution in [0.2, 0.25) is 5.15 Å². The number of nitrogens with one attached hydrogen (secondary N) is 1. The number of nitrogen functional groups attached to an aromatic ring is 1. The molecule has 0 fully saturated rings. The summed E-state index contributed by atoms with van der Waals surface area (Å²) in [5.74, 6) is -0.0583. The quantitative estimate of drug-likeness (QED) is 0.684. The summed E-state index contributed by atoms with van der Waals surface area (Å²) in [6.07, 6.45) is -2.60. The number of nitrogens with two attached hydrogens (primary N) is 1. The van der Waals surface area contributed by atoms with Crippen molar-refractivity contribution in [3.8, 4) is 11.5 Å². The van der Waals surface area contributed by atoms with Gasteiger partial charge in [0.1, 0.15) is 10.8 Å². The van der Waals surface area contributed by atoms with Crippen molar-refractivity contribution in [2.45, 2.75) is 6.18 Å². The van der Waals surface area contributed by atoms with E-state index >= 15 is 0 Å². The van der Waals surface area contributed by atoms with E-state index in [4.69, 9.17) is 17.3 Å². The SMILES string of the molecule is Nc1nc(Nc2cncc(C(F)(F)F)c2)nc(-c2cccc(Cl)n2)n1. The third kappa shape index (κ3) is 4.10. The Labute approximate surface area is 144 Å². The maximum absolute atomic E-state index is 12.7. The zero-order valence-electron chi connectivity index (χ0n) is 12.3. The number of halogens is 4. The van der Waals surface area contributed by atoms with Crippen LogP contribution >= 0.6 is 11.6 Å². The van der Waals surface area contributed by atoms with Crippen molar-refractivity contribution in [2.24, 2.45) is 0 Å². The third-order valence-corrected chi connectivity index (χ3v) is 3.13. The van der Waals surface area contributed by atoms with Gasteiger partial charge in [-0.2, -0.15) is 28.1 Å². The summed E-state index contributed by atoms with van der Waals surface area (Å²) in [6.45, 7) is 0. The Morgan fingerprint density at radius 2 is 1.84 bits per heavy atom. The van der Waals surface area contributed by atoms with E-state index in [9.17, 15) is 13.2 Å². The minimum atomic E-state index is -4.52. The van der Waals surface area contributed by atoms with Crippen molar-refractivity contribution < 1.29 is 13.2 Å². The molecule has 0 aliphatic carbocycles. The van der Waals surface area contributed by atoms with Crippen LogP contribution in [0.15, 0.2) is 36.7 Å². The number of anilines is 3. The van der Waals surface area contributed by atoms with Crippen LogP contribution in [0.25, 0.3) is 11.5 Å². The molecule has 128 valence electrons. The van der Waals surface area contributed by atoms with E-state index < -0.39 is 11.7 Å². The van der Waals surface area contributed by atoms with Gasteiger partial charge < -0.3 is 11.1 Å². The first kappa shape index (κ1) is 16.8. The van der Waals surface area contributed by atoms with Crippen LogP contribution in [-0.4, -0.2) is 24.9 Å². The Kier molecular flexibility index (Phi) is 4.36. The highest BCUT2D eigenvalue weighted by Gasteiger charge is 2.31. The second kappa shape index (κ2) is 6.48. The number of hydrogen-bond donors (Lipinski definition) is 2. The highest BCUT2D eigenvalue weighted by atomic mass is 35.5. The van der Waals surface area contributed by atoms with Crippen molar-refractivity contribution in [2.75, 3.05) is 11.1 Å². The molecule has 0 aliphatic heterocycles. The summed E-state index contributed by atoms with van der Waals surface area (Å²) >= 11 is 5.82. The Balaban J connectivity index is 1.94. The molecule has 0 saturated heterocycles. The molecule has 11 heteroatoms. The van der Waals surface area contributed by atoms with Gasteiger partial charge in [-0.3, -0.25) is 4.98 Å². The molecule has 0 bridgehead atoms. The van der Waals surface area contributed by atoms with E-state index in [1.165, 1.54) is 6.20 Å². The lowest BCUT2D eigenvalue weighted by Gasteiger charge is -2.10. The van der Waals surface area contributed by atoms with Gasteiger partial charge in [-0.25, -0.2) is 4.98 Å². The predicted octanol–water partition coefficient (Wildman–Crippen LogP) is 3.33. The van der Waals surface area contributed by atoms with E-state index in [1.807, 2.05) is 0 Å². The number of pyridine rings is 2.